The lowest BCUT2D eigenvalue weighted by Gasteiger charge is -2.18. The van der Waals surface area contributed by atoms with Gasteiger partial charge in [0.1, 0.15) is 24.7 Å². The number of carbonyl (C=O) groups excluding carboxylic acids is 1. The first-order chi connectivity index (χ1) is 10.8. The largest absolute Gasteiger partial charge is 0.462 e. The van der Waals surface area contributed by atoms with Gasteiger partial charge in [0.05, 0.1) is 11.1 Å². The van der Waals surface area contributed by atoms with Crippen molar-refractivity contribution >= 4 is 23.4 Å². The molecule has 0 spiro atoms. The second-order valence-corrected chi connectivity index (χ2v) is 6.26. The van der Waals surface area contributed by atoms with E-state index in [1.165, 1.54) is 10.8 Å². The number of hydrogen-bond acceptors (Lipinski definition) is 7. The Balaban J connectivity index is 1.93. The number of ether oxygens (including phenoxy) is 2. The lowest BCUT2D eigenvalue weighted by molar-refractivity contribution is -0.151. The molecule has 0 aliphatic carbocycles. The second-order valence-electron chi connectivity index (χ2n) is 5.85. The Morgan fingerprint density at radius 1 is 1.57 bits per heavy atom. The molecule has 1 fully saturated rings. The van der Waals surface area contributed by atoms with E-state index in [9.17, 15) is 9.59 Å². The number of rotatable bonds is 5. The zero-order valence-corrected chi connectivity index (χ0v) is 13.8. The summed E-state index contributed by atoms with van der Waals surface area (Å²) in [5, 5.41) is 0.186. The molecule has 1 saturated heterocycles. The monoisotopic (exact) mass is 344 g/mol. The van der Waals surface area contributed by atoms with Gasteiger partial charge in [-0.2, -0.15) is 4.98 Å². The van der Waals surface area contributed by atoms with Gasteiger partial charge < -0.3 is 20.9 Å². The smallest absolute Gasteiger partial charge is 0.351 e. The SMILES string of the molecule is CC(C)C(N)C(=O)OCC1CCC(n2cc(Cl)c(N)nc2=O)O1. The number of halogens is 1. The quantitative estimate of drug-likeness (QED) is 0.753. The van der Waals surface area contributed by atoms with E-state index in [0.717, 1.165) is 0 Å². The number of esters is 1. The van der Waals surface area contributed by atoms with Crippen LogP contribution in [0.4, 0.5) is 5.82 Å². The number of nitrogen functional groups attached to an aromatic ring is 1. The van der Waals surface area contributed by atoms with Gasteiger partial charge in [-0.05, 0) is 18.8 Å². The first-order valence-electron chi connectivity index (χ1n) is 7.41. The summed E-state index contributed by atoms with van der Waals surface area (Å²) >= 11 is 5.88. The minimum absolute atomic E-state index is 0.00122. The van der Waals surface area contributed by atoms with E-state index in [2.05, 4.69) is 4.98 Å². The first-order valence-corrected chi connectivity index (χ1v) is 7.79. The first kappa shape index (κ1) is 17.7. The van der Waals surface area contributed by atoms with Crippen molar-refractivity contribution in [2.24, 2.45) is 11.7 Å². The van der Waals surface area contributed by atoms with Crippen LogP contribution in [0.2, 0.25) is 5.02 Å². The molecular formula is C14H21ClN4O4. The molecule has 0 aromatic carbocycles. The van der Waals surface area contributed by atoms with Gasteiger partial charge in [0.15, 0.2) is 0 Å². The maximum atomic E-state index is 11.8. The van der Waals surface area contributed by atoms with Gasteiger partial charge in [0, 0.05) is 6.20 Å². The molecule has 9 heteroatoms. The van der Waals surface area contributed by atoms with Crippen LogP contribution in [-0.2, 0) is 14.3 Å². The number of nitrogens with zero attached hydrogens (tertiary/aromatic N) is 2. The van der Waals surface area contributed by atoms with E-state index in [1.807, 2.05) is 13.8 Å². The van der Waals surface area contributed by atoms with Crippen molar-refractivity contribution in [2.75, 3.05) is 12.3 Å². The van der Waals surface area contributed by atoms with E-state index in [4.69, 9.17) is 32.5 Å². The maximum absolute atomic E-state index is 11.8. The molecular weight excluding hydrogens is 324 g/mol. The molecule has 8 nitrogen and oxygen atoms in total. The average molecular weight is 345 g/mol. The van der Waals surface area contributed by atoms with Crippen LogP contribution in [0.1, 0.15) is 32.9 Å². The highest BCUT2D eigenvalue weighted by Gasteiger charge is 2.29. The summed E-state index contributed by atoms with van der Waals surface area (Å²) in [6.07, 6.45) is 1.82. The van der Waals surface area contributed by atoms with E-state index in [0.29, 0.717) is 12.8 Å². The van der Waals surface area contributed by atoms with Crippen molar-refractivity contribution in [3.8, 4) is 0 Å². The van der Waals surface area contributed by atoms with Crippen molar-refractivity contribution in [1.29, 1.82) is 0 Å². The second kappa shape index (κ2) is 7.29. The van der Waals surface area contributed by atoms with Gasteiger partial charge in [-0.3, -0.25) is 9.36 Å². The maximum Gasteiger partial charge on any atom is 0.351 e. The Labute approximate surface area is 138 Å². The Bertz CT molecular complexity index is 634. The number of carbonyl (C=O) groups is 1. The lowest BCUT2D eigenvalue weighted by atomic mass is 10.1. The van der Waals surface area contributed by atoms with Crippen LogP contribution in [0.25, 0.3) is 0 Å². The predicted molar refractivity (Wildman–Crippen MR) is 84.8 cm³/mol. The molecule has 0 bridgehead atoms. The highest BCUT2D eigenvalue weighted by atomic mass is 35.5. The summed E-state index contributed by atoms with van der Waals surface area (Å²) in [5.41, 5.74) is 10.7. The van der Waals surface area contributed by atoms with Crippen LogP contribution in [0, 0.1) is 5.92 Å². The summed E-state index contributed by atoms with van der Waals surface area (Å²) in [5.74, 6) is -0.471. The minimum atomic E-state index is -0.657. The highest BCUT2D eigenvalue weighted by Crippen LogP contribution is 2.28. The number of hydrogen-bond donors (Lipinski definition) is 2. The molecule has 0 amide bonds. The van der Waals surface area contributed by atoms with Crippen LogP contribution in [0.3, 0.4) is 0 Å². The molecule has 3 atom stereocenters. The molecule has 23 heavy (non-hydrogen) atoms. The highest BCUT2D eigenvalue weighted by molar-refractivity contribution is 6.32. The van der Waals surface area contributed by atoms with Crippen molar-refractivity contribution in [1.82, 2.24) is 9.55 Å². The topological polar surface area (TPSA) is 122 Å². The molecule has 128 valence electrons. The van der Waals surface area contributed by atoms with Crippen molar-refractivity contribution in [3.05, 3.63) is 21.7 Å². The van der Waals surface area contributed by atoms with Crippen molar-refractivity contribution in [2.45, 2.75) is 45.1 Å². The fourth-order valence-corrected chi connectivity index (χ4v) is 2.37. The van der Waals surface area contributed by atoms with Crippen molar-refractivity contribution < 1.29 is 14.3 Å². The Kier molecular flexibility index (Phi) is 5.61. The zero-order valence-electron chi connectivity index (χ0n) is 13.1. The Morgan fingerprint density at radius 3 is 2.91 bits per heavy atom. The third kappa shape index (κ3) is 4.21. The van der Waals surface area contributed by atoms with Crippen LogP contribution < -0.4 is 17.2 Å². The summed E-state index contributed by atoms with van der Waals surface area (Å²) in [7, 11) is 0. The molecule has 1 aromatic rings. The van der Waals surface area contributed by atoms with Gasteiger partial charge >= 0.3 is 11.7 Å². The third-order valence-corrected chi connectivity index (χ3v) is 4.02. The van der Waals surface area contributed by atoms with Gasteiger partial charge in [0.25, 0.3) is 0 Å². The van der Waals surface area contributed by atoms with Gasteiger partial charge in [0.2, 0.25) is 0 Å². The average Bonchev–Trinajstić information content (AvgIpc) is 2.96. The normalized spacial score (nSPS) is 22.3. The van der Waals surface area contributed by atoms with Gasteiger partial charge in [-0.25, -0.2) is 4.79 Å². The van der Waals surface area contributed by atoms with Gasteiger partial charge in [-0.1, -0.05) is 25.4 Å². The van der Waals surface area contributed by atoms with E-state index in [1.54, 1.807) is 0 Å². The van der Waals surface area contributed by atoms with E-state index >= 15 is 0 Å². The van der Waals surface area contributed by atoms with E-state index in [-0.39, 0.29) is 29.5 Å². The number of aromatic nitrogens is 2. The summed E-state index contributed by atoms with van der Waals surface area (Å²) in [6, 6.07) is -0.657. The van der Waals surface area contributed by atoms with Crippen molar-refractivity contribution in [3.63, 3.8) is 0 Å². The van der Waals surface area contributed by atoms with Crippen LogP contribution in [0.5, 0.6) is 0 Å². The lowest BCUT2D eigenvalue weighted by Crippen LogP contribution is -2.38. The molecule has 0 saturated carbocycles. The Hall–Kier alpha value is -1.64. The van der Waals surface area contributed by atoms with Crippen LogP contribution >= 0.6 is 11.6 Å². The molecule has 2 rings (SSSR count). The zero-order chi connectivity index (χ0) is 17.1. The molecule has 0 radical (unpaired) electrons. The molecule has 1 aliphatic heterocycles. The van der Waals surface area contributed by atoms with E-state index < -0.39 is 23.9 Å². The van der Waals surface area contributed by atoms with Gasteiger partial charge in [-0.15, -0.1) is 0 Å². The fraction of sp³-hybridized carbons (Fsp3) is 0.643. The molecule has 3 unspecified atom stereocenters. The molecule has 2 heterocycles. The van der Waals surface area contributed by atoms with Crippen LogP contribution in [0.15, 0.2) is 11.0 Å². The molecule has 1 aliphatic rings. The summed E-state index contributed by atoms with van der Waals surface area (Å²) in [6.45, 7) is 3.79. The molecule has 1 aromatic heterocycles. The Morgan fingerprint density at radius 2 is 2.26 bits per heavy atom. The third-order valence-electron chi connectivity index (χ3n) is 3.73. The number of anilines is 1. The number of nitrogens with two attached hydrogens (primary N) is 2. The van der Waals surface area contributed by atoms with Crippen LogP contribution in [-0.4, -0.2) is 34.3 Å². The fourth-order valence-electron chi connectivity index (χ4n) is 2.22. The standard InChI is InChI=1S/C14H21ClN4O4/c1-7(2)11(16)13(20)22-6-8-3-4-10(23-8)19-5-9(15)12(17)18-14(19)21/h5,7-8,10-11H,3-4,6,16H2,1-2H3,(H2,17,18,21). The molecule has 4 N–H and O–H groups in total. The summed E-state index contributed by atoms with van der Waals surface area (Å²) in [4.78, 5) is 27.2. The predicted octanol–water partition coefficient (Wildman–Crippen LogP) is 0.683. The summed E-state index contributed by atoms with van der Waals surface area (Å²) < 4.78 is 12.2. The minimum Gasteiger partial charge on any atom is -0.462 e.